The molecule has 280 valence electrons. The average Bonchev–Trinajstić information content (AvgIpc) is 3.06. The SMILES string of the molecule is CCCCCCCCCCCCCCOCC(CC(C)(N)C(C)OCC(O)CN)OCCCCCCCCCCCCCC.CN. The smallest absolute Gasteiger partial charge is 0.0895 e. The number of rotatable bonds is 36. The van der Waals surface area contributed by atoms with E-state index >= 15 is 0 Å². The van der Waals surface area contributed by atoms with Crippen molar-refractivity contribution in [1.29, 1.82) is 0 Å². The monoisotopic (exact) mass is 660 g/mol. The van der Waals surface area contributed by atoms with Crippen LogP contribution in [0.3, 0.4) is 0 Å². The van der Waals surface area contributed by atoms with Crippen molar-refractivity contribution >= 4 is 0 Å². The first-order valence-electron chi connectivity index (χ1n) is 19.9. The Morgan fingerprint density at radius 1 is 0.565 bits per heavy atom. The van der Waals surface area contributed by atoms with E-state index in [1.165, 1.54) is 148 Å². The van der Waals surface area contributed by atoms with E-state index in [2.05, 4.69) is 19.6 Å². The summed E-state index contributed by atoms with van der Waals surface area (Å²) in [5.41, 5.74) is 16.2. The molecule has 0 heterocycles. The molecule has 0 aliphatic heterocycles. The number of ether oxygens (including phenoxy) is 3. The van der Waals surface area contributed by atoms with Crippen LogP contribution in [0.25, 0.3) is 0 Å². The predicted molar refractivity (Wildman–Crippen MR) is 201 cm³/mol. The molecular weight excluding hydrogens is 574 g/mol. The summed E-state index contributed by atoms with van der Waals surface area (Å²) in [6.45, 7) is 11.0. The number of aliphatic hydroxyl groups excluding tert-OH is 1. The van der Waals surface area contributed by atoms with Gasteiger partial charge in [0.25, 0.3) is 0 Å². The van der Waals surface area contributed by atoms with Gasteiger partial charge in [0, 0.05) is 25.3 Å². The Bertz CT molecular complexity index is 567. The lowest BCUT2D eigenvalue weighted by molar-refractivity contribution is -0.0650. The summed E-state index contributed by atoms with van der Waals surface area (Å²) < 4.78 is 18.3. The topological polar surface area (TPSA) is 126 Å². The third-order valence-electron chi connectivity index (χ3n) is 9.20. The van der Waals surface area contributed by atoms with Crippen LogP contribution in [0.2, 0.25) is 0 Å². The van der Waals surface area contributed by atoms with Crippen molar-refractivity contribution in [2.45, 2.75) is 212 Å². The molecule has 0 aromatic carbocycles. The van der Waals surface area contributed by atoms with Crippen LogP contribution < -0.4 is 17.2 Å². The van der Waals surface area contributed by atoms with Crippen LogP contribution in [0.4, 0.5) is 0 Å². The molecule has 0 aromatic heterocycles. The van der Waals surface area contributed by atoms with Gasteiger partial charge in [-0.05, 0) is 40.2 Å². The maximum Gasteiger partial charge on any atom is 0.0895 e. The van der Waals surface area contributed by atoms with E-state index in [0.717, 1.165) is 26.1 Å². The third kappa shape index (κ3) is 33.6. The normalized spacial score (nSPS) is 14.8. The molecule has 46 heavy (non-hydrogen) atoms. The Kier molecular flexibility index (Phi) is 39.0. The number of hydrogen-bond donors (Lipinski definition) is 4. The fourth-order valence-electron chi connectivity index (χ4n) is 5.79. The second-order valence-corrected chi connectivity index (χ2v) is 13.9. The van der Waals surface area contributed by atoms with E-state index in [-0.39, 0.29) is 25.4 Å². The predicted octanol–water partition coefficient (Wildman–Crippen LogP) is 9.20. The zero-order chi connectivity index (χ0) is 34.6. The van der Waals surface area contributed by atoms with Crippen LogP contribution in [-0.4, -0.2) is 69.0 Å². The first kappa shape index (κ1) is 47.8. The summed E-state index contributed by atoms with van der Waals surface area (Å²) in [6.07, 6.45) is 31.9. The minimum absolute atomic E-state index is 0.0551. The van der Waals surface area contributed by atoms with E-state index in [0.29, 0.717) is 13.0 Å². The molecule has 0 aromatic rings. The highest BCUT2D eigenvalue weighted by Crippen LogP contribution is 2.20. The van der Waals surface area contributed by atoms with Gasteiger partial charge >= 0.3 is 0 Å². The van der Waals surface area contributed by atoms with Crippen molar-refractivity contribution in [2.24, 2.45) is 17.2 Å². The number of unbranched alkanes of at least 4 members (excludes halogenated alkanes) is 22. The molecule has 0 amide bonds. The summed E-state index contributed by atoms with van der Waals surface area (Å²) >= 11 is 0. The quantitative estimate of drug-likeness (QED) is 0.0494. The minimum Gasteiger partial charge on any atom is -0.389 e. The zero-order valence-electron chi connectivity index (χ0n) is 31.8. The van der Waals surface area contributed by atoms with Crippen LogP contribution >= 0.6 is 0 Å². The number of hydrogen-bond acceptors (Lipinski definition) is 7. The van der Waals surface area contributed by atoms with Gasteiger partial charge in [0.2, 0.25) is 0 Å². The molecule has 4 atom stereocenters. The summed E-state index contributed by atoms with van der Waals surface area (Å²) in [4.78, 5) is 0. The Morgan fingerprint density at radius 2 is 0.935 bits per heavy atom. The van der Waals surface area contributed by atoms with Crippen LogP contribution in [0, 0.1) is 0 Å². The van der Waals surface area contributed by atoms with Crippen molar-refractivity contribution in [3.63, 3.8) is 0 Å². The molecule has 0 saturated carbocycles. The number of aliphatic hydroxyl groups is 1. The Labute approximate surface area is 288 Å². The van der Waals surface area contributed by atoms with E-state index < -0.39 is 11.6 Å². The standard InChI is InChI=1S/C38H80N2O4.CH5N/c1-5-7-9-11-13-15-17-19-21-23-25-27-29-42-34-37(31-38(4,40)35(3)44-33-36(41)32-39)43-30-28-26-24-22-20-18-16-14-12-10-8-6-2;1-2/h35-37,41H,5-34,39-40H2,1-4H3;2H2,1H3. The molecule has 0 aliphatic carbocycles. The molecule has 0 saturated heterocycles. The average molecular weight is 660 g/mol. The van der Waals surface area contributed by atoms with Gasteiger partial charge in [-0.3, -0.25) is 0 Å². The molecule has 0 bridgehead atoms. The third-order valence-corrected chi connectivity index (χ3v) is 9.20. The molecule has 0 fully saturated rings. The lowest BCUT2D eigenvalue weighted by Gasteiger charge is -2.35. The lowest BCUT2D eigenvalue weighted by atomic mass is 9.90. The van der Waals surface area contributed by atoms with Gasteiger partial charge in [-0.2, -0.15) is 0 Å². The largest absolute Gasteiger partial charge is 0.389 e. The molecule has 7 heteroatoms. The van der Waals surface area contributed by atoms with Crippen molar-refractivity contribution < 1.29 is 19.3 Å². The second-order valence-electron chi connectivity index (χ2n) is 13.9. The van der Waals surface area contributed by atoms with Gasteiger partial charge in [-0.25, -0.2) is 0 Å². The Hall–Kier alpha value is -0.280. The zero-order valence-corrected chi connectivity index (χ0v) is 31.8. The Balaban J connectivity index is 0. The second kappa shape index (κ2) is 37.5. The van der Waals surface area contributed by atoms with E-state index in [1.807, 2.05) is 13.8 Å². The molecule has 0 spiro atoms. The Morgan fingerprint density at radius 3 is 1.33 bits per heavy atom. The maximum atomic E-state index is 9.80. The van der Waals surface area contributed by atoms with Crippen molar-refractivity contribution in [1.82, 2.24) is 0 Å². The summed E-state index contributed by atoms with van der Waals surface area (Å²) in [7, 11) is 1.50. The molecule has 0 radical (unpaired) electrons. The number of nitrogens with two attached hydrogens (primary N) is 3. The van der Waals surface area contributed by atoms with Crippen LogP contribution in [0.1, 0.15) is 188 Å². The fourth-order valence-corrected chi connectivity index (χ4v) is 5.79. The fraction of sp³-hybridized carbons (Fsp3) is 1.00. The van der Waals surface area contributed by atoms with Gasteiger partial charge in [0.05, 0.1) is 31.5 Å². The van der Waals surface area contributed by atoms with Crippen LogP contribution in [-0.2, 0) is 14.2 Å². The summed E-state index contributed by atoms with van der Waals surface area (Å²) in [5.74, 6) is 0. The molecule has 7 N–H and O–H groups in total. The van der Waals surface area contributed by atoms with Crippen molar-refractivity contribution in [3.8, 4) is 0 Å². The van der Waals surface area contributed by atoms with Gasteiger partial charge in [0.15, 0.2) is 0 Å². The van der Waals surface area contributed by atoms with E-state index in [4.69, 9.17) is 25.7 Å². The molecule has 0 rings (SSSR count). The van der Waals surface area contributed by atoms with Crippen molar-refractivity contribution in [2.75, 3.05) is 40.0 Å². The van der Waals surface area contributed by atoms with Gasteiger partial charge < -0.3 is 36.5 Å². The highest BCUT2D eigenvalue weighted by atomic mass is 16.5. The highest BCUT2D eigenvalue weighted by Gasteiger charge is 2.31. The molecule has 0 aliphatic rings. The summed E-state index contributed by atoms with van der Waals surface area (Å²) in [5, 5.41) is 9.80. The first-order valence-corrected chi connectivity index (χ1v) is 19.9. The van der Waals surface area contributed by atoms with Crippen molar-refractivity contribution in [3.05, 3.63) is 0 Å². The van der Waals surface area contributed by atoms with E-state index in [1.54, 1.807) is 0 Å². The highest BCUT2D eigenvalue weighted by molar-refractivity contribution is 4.89. The summed E-state index contributed by atoms with van der Waals surface area (Å²) in [6, 6.07) is 0. The van der Waals surface area contributed by atoms with Crippen LogP contribution in [0.15, 0.2) is 0 Å². The van der Waals surface area contributed by atoms with Gasteiger partial charge in [0.1, 0.15) is 0 Å². The van der Waals surface area contributed by atoms with Crippen LogP contribution in [0.5, 0.6) is 0 Å². The minimum atomic E-state index is -0.662. The molecule has 7 nitrogen and oxygen atoms in total. The maximum absolute atomic E-state index is 9.80. The van der Waals surface area contributed by atoms with Gasteiger partial charge in [-0.15, -0.1) is 0 Å². The van der Waals surface area contributed by atoms with E-state index in [9.17, 15) is 5.11 Å². The lowest BCUT2D eigenvalue weighted by Crippen LogP contribution is -2.52. The molecule has 4 unspecified atom stereocenters. The van der Waals surface area contributed by atoms with Gasteiger partial charge in [-0.1, -0.05) is 155 Å². The molecular formula is C39H85N3O4. The first-order chi connectivity index (χ1) is 22.4.